The molecule has 0 aliphatic carbocycles. The van der Waals surface area contributed by atoms with E-state index in [2.05, 4.69) is 5.32 Å². The summed E-state index contributed by atoms with van der Waals surface area (Å²) in [6.45, 7) is 4.91. The average molecular weight is 454 g/mol. The molecule has 0 saturated carbocycles. The van der Waals surface area contributed by atoms with Gasteiger partial charge < -0.3 is 40.6 Å². The van der Waals surface area contributed by atoms with Crippen molar-refractivity contribution in [3.05, 3.63) is 23.8 Å². The first-order valence-corrected chi connectivity index (χ1v) is 10.3. The van der Waals surface area contributed by atoms with Crippen LogP contribution in [0.3, 0.4) is 0 Å². The number of esters is 1. The first-order valence-electron chi connectivity index (χ1n) is 10.3. The summed E-state index contributed by atoms with van der Waals surface area (Å²) in [6, 6.07) is 4.54. The highest BCUT2D eigenvalue weighted by atomic mass is 16.7. The summed E-state index contributed by atoms with van der Waals surface area (Å²) in [5.74, 6) is -3.22. The second-order valence-electron chi connectivity index (χ2n) is 7.90. The van der Waals surface area contributed by atoms with Crippen molar-refractivity contribution >= 4 is 23.5 Å². The van der Waals surface area contributed by atoms with Gasteiger partial charge in [0, 0.05) is 18.9 Å². The molecule has 1 amide bonds. The van der Waals surface area contributed by atoms with Gasteiger partial charge in [0.2, 0.25) is 12.2 Å². The van der Waals surface area contributed by atoms with E-state index in [0.29, 0.717) is 5.56 Å². The molecule has 0 aromatic heterocycles. The summed E-state index contributed by atoms with van der Waals surface area (Å²) in [5, 5.41) is 32.5. The number of aliphatic carboxylic acids is 1. The third-order valence-electron chi connectivity index (χ3n) is 4.95. The number of carboxylic acid groups (broad SMARTS) is 1. The Labute approximate surface area is 185 Å². The summed E-state index contributed by atoms with van der Waals surface area (Å²) in [6.07, 6.45) is -5.80. The van der Waals surface area contributed by atoms with Crippen molar-refractivity contribution < 1.29 is 43.9 Å². The zero-order chi connectivity index (χ0) is 24.0. The molecule has 0 unspecified atom stereocenters. The summed E-state index contributed by atoms with van der Waals surface area (Å²) in [5.41, 5.74) is 6.14. The lowest BCUT2D eigenvalue weighted by atomic mass is 9.91. The van der Waals surface area contributed by atoms with Crippen molar-refractivity contribution in [2.24, 2.45) is 17.6 Å². The minimum atomic E-state index is -1.53. The number of aliphatic hydroxyl groups excluding tert-OH is 2. The van der Waals surface area contributed by atoms with Gasteiger partial charge in [-0.25, -0.2) is 4.79 Å². The van der Waals surface area contributed by atoms with Crippen LogP contribution in [-0.4, -0.2) is 64.3 Å². The predicted molar refractivity (Wildman–Crippen MR) is 111 cm³/mol. The van der Waals surface area contributed by atoms with Gasteiger partial charge in [0.15, 0.2) is 6.10 Å². The molecule has 1 aromatic carbocycles. The number of aliphatic hydroxyl groups is 2. The maximum atomic E-state index is 12.1. The molecule has 0 spiro atoms. The molecule has 0 radical (unpaired) electrons. The second kappa shape index (κ2) is 11.2. The van der Waals surface area contributed by atoms with Crippen LogP contribution in [0.2, 0.25) is 0 Å². The van der Waals surface area contributed by atoms with Crippen LogP contribution in [0, 0.1) is 11.8 Å². The number of hydrogen-bond donors (Lipinski definition) is 5. The van der Waals surface area contributed by atoms with Crippen molar-refractivity contribution in [3.63, 3.8) is 0 Å². The minimum Gasteiger partial charge on any atom is -0.479 e. The van der Waals surface area contributed by atoms with Crippen LogP contribution < -0.4 is 15.8 Å². The molecule has 11 heteroatoms. The van der Waals surface area contributed by atoms with Crippen molar-refractivity contribution in [1.29, 1.82) is 0 Å². The minimum absolute atomic E-state index is 0.0336. The third-order valence-corrected chi connectivity index (χ3v) is 4.95. The van der Waals surface area contributed by atoms with Gasteiger partial charge in [-0.3, -0.25) is 9.59 Å². The van der Waals surface area contributed by atoms with Gasteiger partial charge in [-0.05, 0) is 17.7 Å². The Balaban J connectivity index is 2.27. The van der Waals surface area contributed by atoms with E-state index in [1.165, 1.54) is 19.1 Å². The van der Waals surface area contributed by atoms with E-state index >= 15 is 0 Å². The Hall–Kier alpha value is -2.73. The van der Waals surface area contributed by atoms with E-state index in [0.717, 1.165) is 0 Å². The van der Waals surface area contributed by atoms with E-state index in [1.807, 2.05) is 0 Å². The second-order valence-corrected chi connectivity index (χ2v) is 7.90. The number of carboxylic acids is 1. The summed E-state index contributed by atoms with van der Waals surface area (Å²) in [7, 11) is 0. The number of carbonyl (C=O) groups excluding carboxylic acids is 2. The molecule has 6 N–H and O–H groups in total. The molecule has 32 heavy (non-hydrogen) atoms. The van der Waals surface area contributed by atoms with Crippen LogP contribution in [0.1, 0.15) is 32.8 Å². The normalized spacial score (nSPS) is 25.3. The van der Waals surface area contributed by atoms with Crippen molar-refractivity contribution in [2.45, 2.75) is 58.4 Å². The number of amides is 1. The molecule has 1 fully saturated rings. The SMILES string of the molecule is CC(C)C(=O)OCc1ccc(O[C@H]2O[C@H](C(=O)O)[C@@H](C)[C@H](O)[C@H]2O)c(NC(=O)CCN)c1. The van der Waals surface area contributed by atoms with E-state index in [9.17, 15) is 29.7 Å². The standard InChI is InChI=1S/C21H30N2O9/c1-10(2)20(29)30-9-12-4-5-14(13(8-12)23-15(24)6-7-22)31-21-17(26)16(25)11(3)18(32-21)19(27)28/h4-5,8,10-11,16-18,21,25-26H,6-7,9,22H2,1-3H3,(H,23,24)(H,27,28)/t11-,16-,17+,18-,21-/m0/s1. The highest BCUT2D eigenvalue weighted by Crippen LogP contribution is 2.32. The van der Waals surface area contributed by atoms with Gasteiger partial charge in [0.25, 0.3) is 0 Å². The molecule has 2 rings (SSSR count). The first-order chi connectivity index (χ1) is 15.0. The number of nitrogens with two attached hydrogens (primary N) is 1. The van der Waals surface area contributed by atoms with Crippen molar-refractivity contribution in [2.75, 3.05) is 11.9 Å². The average Bonchev–Trinajstić information content (AvgIpc) is 2.73. The number of nitrogens with one attached hydrogen (secondary N) is 1. The highest BCUT2D eigenvalue weighted by Gasteiger charge is 2.46. The van der Waals surface area contributed by atoms with Crippen LogP contribution in [0.25, 0.3) is 0 Å². The lowest BCUT2D eigenvalue weighted by molar-refractivity contribution is -0.255. The number of hydrogen-bond acceptors (Lipinski definition) is 9. The number of anilines is 1. The summed E-state index contributed by atoms with van der Waals surface area (Å²) in [4.78, 5) is 35.3. The Bertz CT molecular complexity index is 829. The lowest BCUT2D eigenvalue weighted by Crippen LogP contribution is -2.57. The smallest absolute Gasteiger partial charge is 0.333 e. The molecule has 178 valence electrons. The number of rotatable bonds is 9. The van der Waals surface area contributed by atoms with E-state index in [4.69, 9.17) is 19.9 Å². The summed E-state index contributed by atoms with van der Waals surface area (Å²) >= 11 is 0. The fraction of sp³-hybridized carbons (Fsp3) is 0.571. The summed E-state index contributed by atoms with van der Waals surface area (Å²) < 4.78 is 16.2. The zero-order valence-corrected chi connectivity index (χ0v) is 18.2. The van der Waals surface area contributed by atoms with Crippen LogP contribution >= 0.6 is 0 Å². The fourth-order valence-corrected chi connectivity index (χ4v) is 3.04. The Kier molecular flexibility index (Phi) is 8.96. The lowest BCUT2D eigenvalue weighted by Gasteiger charge is -2.39. The van der Waals surface area contributed by atoms with Gasteiger partial charge in [0.05, 0.1) is 17.7 Å². The molecule has 1 aliphatic heterocycles. The van der Waals surface area contributed by atoms with Gasteiger partial charge >= 0.3 is 11.9 Å². The van der Waals surface area contributed by atoms with Crippen LogP contribution in [0.15, 0.2) is 18.2 Å². The van der Waals surface area contributed by atoms with Crippen LogP contribution in [-0.2, 0) is 30.5 Å². The maximum Gasteiger partial charge on any atom is 0.333 e. The quantitative estimate of drug-likeness (QED) is 0.324. The molecule has 0 bridgehead atoms. The fourth-order valence-electron chi connectivity index (χ4n) is 3.04. The monoisotopic (exact) mass is 454 g/mol. The topological polar surface area (TPSA) is 178 Å². The molecular weight excluding hydrogens is 424 g/mol. The number of ether oxygens (including phenoxy) is 3. The highest BCUT2D eigenvalue weighted by molar-refractivity contribution is 5.92. The van der Waals surface area contributed by atoms with E-state index < -0.39 is 42.4 Å². The van der Waals surface area contributed by atoms with Crippen molar-refractivity contribution in [3.8, 4) is 5.75 Å². The van der Waals surface area contributed by atoms with Gasteiger partial charge in [-0.2, -0.15) is 0 Å². The Morgan fingerprint density at radius 3 is 2.50 bits per heavy atom. The van der Waals surface area contributed by atoms with Crippen LogP contribution in [0.4, 0.5) is 5.69 Å². The van der Waals surface area contributed by atoms with Crippen LogP contribution in [0.5, 0.6) is 5.75 Å². The maximum absolute atomic E-state index is 12.1. The molecular formula is C21H30N2O9. The predicted octanol–water partition coefficient (Wildman–Crippen LogP) is 0.219. The Morgan fingerprint density at radius 1 is 1.22 bits per heavy atom. The van der Waals surface area contributed by atoms with E-state index in [-0.39, 0.29) is 42.9 Å². The molecule has 1 aliphatic rings. The molecule has 1 heterocycles. The Morgan fingerprint density at radius 2 is 1.91 bits per heavy atom. The largest absolute Gasteiger partial charge is 0.479 e. The molecule has 5 atom stereocenters. The van der Waals surface area contributed by atoms with Gasteiger partial charge in [-0.15, -0.1) is 0 Å². The van der Waals surface area contributed by atoms with E-state index in [1.54, 1.807) is 19.9 Å². The molecule has 1 saturated heterocycles. The molecule has 1 aromatic rings. The number of carbonyl (C=O) groups is 3. The molecule has 11 nitrogen and oxygen atoms in total. The van der Waals surface area contributed by atoms with Gasteiger partial charge in [-0.1, -0.05) is 26.8 Å². The van der Waals surface area contributed by atoms with Gasteiger partial charge in [0.1, 0.15) is 18.5 Å². The first kappa shape index (κ1) is 25.5. The third kappa shape index (κ3) is 6.39. The zero-order valence-electron chi connectivity index (χ0n) is 18.2. The van der Waals surface area contributed by atoms with Crippen molar-refractivity contribution in [1.82, 2.24) is 0 Å². The number of benzene rings is 1.